The van der Waals surface area contributed by atoms with Crippen molar-refractivity contribution in [3.05, 3.63) is 53.6 Å². The van der Waals surface area contributed by atoms with Crippen LogP contribution in [0.5, 0.6) is 5.75 Å². The van der Waals surface area contributed by atoms with E-state index in [0.29, 0.717) is 5.69 Å². The molecular weight excluding hydrogens is 386 g/mol. The molecule has 1 aliphatic rings. The summed E-state index contributed by atoms with van der Waals surface area (Å²) in [4.78, 5) is 23.6. The van der Waals surface area contributed by atoms with E-state index in [1.165, 1.54) is 19.2 Å². The zero-order valence-electron chi connectivity index (χ0n) is 15.3. The number of anilines is 1. The predicted molar refractivity (Wildman–Crippen MR) is 99.8 cm³/mol. The molecule has 1 saturated heterocycles. The minimum absolute atomic E-state index is 0.0234. The summed E-state index contributed by atoms with van der Waals surface area (Å²) in [5, 5.41) is 0. The highest BCUT2D eigenvalue weighted by molar-refractivity contribution is 7.92. The Kier molecular flexibility index (Phi) is 5.55. The van der Waals surface area contributed by atoms with Crippen molar-refractivity contribution >= 4 is 27.6 Å². The van der Waals surface area contributed by atoms with Crippen molar-refractivity contribution in [1.82, 2.24) is 0 Å². The van der Waals surface area contributed by atoms with E-state index in [0.717, 1.165) is 11.6 Å². The van der Waals surface area contributed by atoms with Crippen molar-refractivity contribution in [2.24, 2.45) is 0 Å². The Morgan fingerprint density at radius 3 is 2.50 bits per heavy atom. The molecule has 2 aromatic rings. The zero-order chi connectivity index (χ0) is 20.3. The van der Waals surface area contributed by atoms with Crippen LogP contribution in [-0.2, 0) is 24.3 Å². The average Bonchev–Trinajstić information content (AvgIpc) is 3.07. The topological polar surface area (TPSA) is 108 Å². The van der Waals surface area contributed by atoms with Crippen LogP contribution in [0, 0.1) is 6.92 Å². The molecule has 0 saturated carbocycles. The van der Waals surface area contributed by atoms with Crippen LogP contribution in [0.3, 0.4) is 0 Å². The number of hydrogen-bond donors (Lipinski definition) is 1. The summed E-state index contributed by atoms with van der Waals surface area (Å²) in [6, 6.07) is 10.7. The lowest BCUT2D eigenvalue weighted by molar-refractivity contribution is -0.145. The van der Waals surface area contributed by atoms with Crippen LogP contribution in [0.1, 0.15) is 22.3 Å². The maximum atomic E-state index is 12.8. The number of nitrogens with one attached hydrogen (secondary N) is 1. The van der Waals surface area contributed by atoms with Crippen molar-refractivity contribution in [2.75, 3.05) is 18.4 Å². The van der Waals surface area contributed by atoms with Crippen molar-refractivity contribution in [3.8, 4) is 5.75 Å². The van der Waals surface area contributed by atoms with Crippen molar-refractivity contribution in [2.45, 2.75) is 24.3 Å². The van der Waals surface area contributed by atoms with Gasteiger partial charge in [0.15, 0.2) is 0 Å². The Balaban J connectivity index is 1.88. The first-order valence-corrected chi connectivity index (χ1v) is 9.93. The minimum atomic E-state index is -4.04. The third kappa shape index (κ3) is 4.25. The molecule has 0 aromatic heterocycles. The highest BCUT2D eigenvalue weighted by Crippen LogP contribution is 2.28. The monoisotopic (exact) mass is 405 g/mol. The van der Waals surface area contributed by atoms with Gasteiger partial charge in [-0.2, -0.15) is 0 Å². The zero-order valence-corrected chi connectivity index (χ0v) is 16.1. The second-order valence-corrected chi connectivity index (χ2v) is 7.84. The molecule has 28 heavy (non-hydrogen) atoms. The Bertz CT molecular complexity index is 999. The van der Waals surface area contributed by atoms with E-state index in [1.54, 1.807) is 24.3 Å². The van der Waals surface area contributed by atoms with Gasteiger partial charge in [0.25, 0.3) is 10.0 Å². The van der Waals surface area contributed by atoms with E-state index in [1.807, 2.05) is 6.92 Å². The van der Waals surface area contributed by atoms with Crippen LogP contribution in [0.2, 0.25) is 0 Å². The summed E-state index contributed by atoms with van der Waals surface area (Å²) in [7, 11) is -2.71. The molecular formula is C19H19NO7S. The molecule has 0 radical (unpaired) electrons. The number of hydrogen-bond acceptors (Lipinski definition) is 7. The number of benzene rings is 2. The second kappa shape index (κ2) is 7.89. The average molecular weight is 405 g/mol. The molecule has 1 heterocycles. The molecule has 1 atom stereocenters. The molecule has 3 rings (SSSR count). The fraction of sp³-hybridized carbons (Fsp3) is 0.263. The Morgan fingerprint density at radius 1 is 1.18 bits per heavy atom. The number of rotatable bonds is 6. The Labute approximate surface area is 162 Å². The standard InChI is InChI=1S/C19H19NO7S/c1-12-3-6-14(7-4-12)20-28(23,24)17-11-13(5-8-15(17)25-2)18(21)27-16-9-10-26-19(16)22/h3-8,11,16,20H,9-10H2,1-2H3/t16-/m1/s1. The summed E-state index contributed by atoms with van der Waals surface area (Å²) >= 11 is 0. The van der Waals surface area contributed by atoms with Crippen molar-refractivity contribution in [1.29, 1.82) is 0 Å². The third-order valence-corrected chi connectivity index (χ3v) is 5.53. The van der Waals surface area contributed by atoms with Crippen LogP contribution >= 0.6 is 0 Å². The highest BCUT2D eigenvalue weighted by atomic mass is 32.2. The van der Waals surface area contributed by atoms with Gasteiger partial charge in [-0.05, 0) is 37.3 Å². The summed E-state index contributed by atoms with van der Waals surface area (Å²) in [6.07, 6.45) is -0.721. The minimum Gasteiger partial charge on any atom is -0.495 e. The smallest absolute Gasteiger partial charge is 0.347 e. The number of ether oxygens (including phenoxy) is 3. The van der Waals surface area contributed by atoms with E-state index in [2.05, 4.69) is 4.72 Å². The van der Waals surface area contributed by atoms with Gasteiger partial charge in [-0.1, -0.05) is 17.7 Å². The molecule has 0 unspecified atom stereocenters. The maximum Gasteiger partial charge on any atom is 0.347 e. The summed E-state index contributed by atoms with van der Waals surface area (Å²) in [5.41, 5.74) is 1.33. The van der Waals surface area contributed by atoms with Gasteiger partial charge >= 0.3 is 11.9 Å². The molecule has 0 bridgehead atoms. The first-order chi connectivity index (χ1) is 13.3. The van der Waals surface area contributed by atoms with E-state index in [4.69, 9.17) is 14.2 Å². The Hall–Kier alpha value is -3.07. The molecule has 1 fully saturated rings. The van der Waals surface area contributed by atoms with Crippen LogP contribution < -0.4 is 9.46 Å². The largest absolute Gasteiger partial charge is 0.495 e. The molecule has 148 valence electrons. The molecule has 1 aliphatic heterocycles. The second-order valence-electron chi connectivity index (χ2n) is 6.19. The predicted octanol–water partition coefficient (Wildman–Crippen LogP) is 2.28. The van der Waals surface area contributed by atoms with Gasteiger partial charge in [0, 0.05) is 12.1 Å². The summed E-state index contributed by atoms with van der Waals surface area (Å²) in [6.45, 7) is 2.07. The highest BCUT2D eigenvalue weighted by Gasteiger charge is 2.31. The van der Waals surface area contributed by atoms with E-state index in [-0.39, 0.29) is 29.2 Å². The summed E-state index contributed by atoms with van der Waals surface area (Å²) < 4.78 is 43.1. The van der Waals surface area contributed by atoms with Gasteiger partial charge in [0.05, 0.1) is 19.3 Å². The first-order valence-electron chi connectivity index (χ1n) is 8.45. The van der Waals surface area contributed by atoms with Gasteiger partial charge in [-0.15, -0.1) is 0 Å². The van der Waals surface area contributed by atoms with Crippen LogP contribution in [0.25, 0.3) is 0 Å². The number of carbonyl (C=O) groups excluding carboxylic acids is 2. The van der Waals surface area contributed by atoms with Gasteiger partial charge in [-0.25, -0.2) is 18.0 Å². The lowest BCUT2D eigenvalue weighted by Gasteiger charge is -2.14. The third-order valence-electron chi connectivity index (χ3n) is 4.13. The molecule has 1 N–H and O–H groups in total. The van der Waals surface area contributed by atoms with Gasteiger partial charge in [0.1, 0.15) is 10.6 Å². The maximum absolute atomic E-state index is 12.8. The number of sulfonamides is 1. The number of carbonyl (C=O) groups is 2. The van der Waals surface area contributed by atoms with E-state index in [9.17, 15) is 18.0 Å². The SMILES string of the molecule is COc1ccc(C(=O)O[C@@H]2CCOC2=O)cc1S(=O)(=O)Nc1ccc(C)cc1. The fourth-order valence-corrected chi connectivity index (χ4v) is 3.88. The molecule has 9 heteroatoms. The van der Waals surface area contributed by atoms with Gasteiger partial charge in [-0.3, -0.25) is 4.72 Å². The molecule has 0 aliphatic carbocycles. The number of aryl methyl sites for hydroxylation is 1. The normalized spacial score (nSPS) is 16.4. The van der Waals surface area contributed by atoms with Crippen LogP contribution in [0.4, 0.5) is 5.69 Å². The first kappa shape index (κ1) is 19.7. The summed E-state index contributed by atoms with van der Waals surface area (Å²) in [5.74, 6) is -1.37. The van der Waals surface area contributed by atoms with Crippen LogP contribution in [0.15, 0.2) is 47.4 Å². The quantitative estimate of drug-likeness (QED) is 0.735. The van der Waals surface area contributed by atoms with Crippen molar-refractivity contribution < 1.29 is 32.2 Å². The lowest BCUT2D eigenvalue weighted by atomic mass is 10.2. The number of cyclic esters (lactones) is 1. The van der Waals surface area contributed by atoms with Crippen LogP contribution in [-0.4, -0.2) is 40.2 Å². The molecule has 0 spiro atoms. The fourth-order valence-electron chi connectivity index (χ4n) is 2.63. The van der Waals surface area contributed by atoms with E-state index >= 15 is 0 Å². The molecule has 2 aromatic carbocycles. The lowest BCUT2D eigenvalue weighted by Crippen LogP contribution is -2.23. The molecule has 0 amide bonds. The van der Waals surface area contributed by atoms with Gasteiger partial charge in [0.2, 0.25) is 6.10 Å². The number of esters is 2. The van der Waals surface area contributed by atoms with E-state index < -0.39 is 28.1 Å². The van der Waals surface area contributed by atoms with Gasteiger partial charge < -0.3 is 14.2 Å². The Morgan fingerprint density at radius 2 is 1.89 bits per heavy atom. The van der Waals surface area contributed by atoms with Crippen molar-refractivity contribution in [3.63, 3.8) is 0 Å². The molecule has 8 nitrogen and oxygen atoms in total. The number of methoxy groups -OCH3 is 1.